The Morgan fingerprint density at radius 1 is 0.913 bits per heavy atom. The van der Waals surface area contributed by atoms with Gasteiger partial charge in [0.2, 0.25) is 0 Å². The predicted molar refractivity (Wildman–Crippen MR) is 92.0 cm³/mol. The summed E-state index contributed by atoms with van der Waals surface area (Å²) in [5.74, 6) is 0.151. The minimum atomic E-state index is -0.236. The zero-order valence-corrected chi connectivity index (χ0v) is 14.8. The summed E-state index contributed by atoms with van der Waals surface area (Å²) < 4.78 is 14.4. The van der Waals surface area contributed by atoms with Gasteiger partial charge in [0, 0.05) is 24.7 Å². The lowest BCUT2D eigenvalue weighted by Crippen LogP contribution is -2.12. The Bertz CT molecular complexity index is 532. The van der Waals surface area contributed by atoms with Crippen molar-refractivity contribution in [3.63, 3.8) is 0 Å². The highest BCUT2D eigenvalue weighted by Gasteiger charge is 2.14. The minimum absolute atomic E-state index is 0.0632. The lowest BCUT2D eigenvalue weighted by atomic mass is 9.96. The average molecular weight is 320 g/mol. The van der Waals surface area contributed by atoms with E-state index >= 15 is 0 Å². The molecule has 1 aromatic carbocycles. The van der Waals surface area contributed by atoms with E-state index in [0.717, 1.165) is 19.3 Å². The molecule has 0 spiro atoms. The predicted octanol–water partition coefficient (Wildman–Crippen LogP) is 4.92. The van der Waals surface area contributed by atoms with Crippen LogP contribution in [0.5, 0.6) is 0 Å². The van der Waals surface area contributed by atoms with Crippen molar-refractivity contribution < 1.29 is 14.0 Å². The molecular weight excluding hydrogens is 291 g/mol. The van der Waals surface area contributed by atoms with Crippen molar-refractivity contribution in [2.24, 2.45) is 11.8 Å². The van der Waals surface area contributed by atoms with E-state index in [-0.39, 0.29) is 29.9 Å². The van der Waals surface area contributed by atoms with Gasteiger partial charge in [-0.1, -0.05) is 52.3 Å². The Balaban J connectivity index is 2.49. The number of hydrogen-bond acceptors (Lipinski definition) is 2. The molecule has 0 fully saturated rings. The fourth-order valence-electron chi connectivity index (χ4n) is 2.43. The summed E-state index contributed by atoms with van der Waals surface area (Å²) in [5, 5.41) is 0. The second-order valence-electron chi connectivity index (χ2n) is 6.87. The molecule has 0 saturated carbocycles. The largest absolute Gasteiger partial charge is 0.299 e. The van der Waals surface area contributed by atoms with Crippen molar-refractivity contribution in [1.82, 2.24) is 0 Å². The molecule has 0 saturated heterocycles. The molecule has 1 aromatic rings. The van der Waals surface area contributed by atoms with E-state index in [1.165, 1.54) is 0 Å². The van der Waals surface area contributed by atoms with Crippen molar-refractivity contribution in [3.8, 4) is 0 Å². The van der Waals surface area contributed by atoms with E-state index in [4.69, 9.17) is 0 Å². The Morgan fingerprint density at radius 2 is 1.52 bits per heavy atom. The standard InChI is InChI=1S/C20H29FO2/c1-14(2)18(22)12-7-5-6-9-16-10-8-11-17(20(16)21)13-19(23)15(3)4/h8,10-11,14-15H,5-7,9,12-13H2,1-4H3. The van der Waals surface area contributed by atoms with Crippen LogP contribution in [0.1, 0.15) is 64.5 Å². The number of rotatable bonds is 10. The number of hydrogen-bond donors (Lipinski definition) is 0. The summed E-state index contributed by atoms with van der Waals surface area (Å²) in [4.78, 5) is 23.3. The molecule has 0 aliphatic rings. The summed E-state index contributed by atoms with van der Waals surface area (Å²) >= 11 is 0. The van der Waals surface area contributed by atoms with Gasteiger partial charge in [0.1, 0.15) is 17.4 Å². The SMILES string of the molecule is CC(C)C(=O)CCCCCc1cccc(CC(=O)C(C)C)c1F. The first-order valence-electron chi connectivity index (χ1n) is 8.64. The molecule has 128 valence electrons. The van der Waals surface area contributed by atoms with Crippen molar-refractivity contribution in [1.29, 1.82) is 0 Å². The number of carbonyl (C=O) groups is 2. The van der Waals surface area contributed by atoms with Gasteiger partial charge < -0.3 is 0 Å². The van der Waals surface area contributed by atoms with Crippen molar-refractivity contribution in [2.75, 3.05) is 0 Å². The quantitative estimate of drug-likeness (QED) is 0.573. The normalized spacial score (nSPS) is 11.3. The number of benzene rings is 1. The zero-order chi connectivity index (χ0) is 17.4. The molecule has 0 bridgehead atoms. The molecular formula is C20H29FO2. The summed E-state index contributed by atoms with van der Waals surface area (Å²) in [6, 6.07) is 5.31. The molecule has 0 N–H and O–H groups in total. The van der Waals surface area contributed by atoms with Crippen molar-refractivity contribution in [3.05, 3.63) is 35.1 Å². The minimum Gasteiger partial charge on any atom is -0.299 e. The van der Waals surface area contributed by atoms with Crippen LogP contribution >= 0.6 is 0 Å². The topological polar surface area (TPSA) is 34.1 Å². The molecule has 0 atom stereocenters. The highest BCUT2D eigenvalue weighted by atomic mass is 19.1. The fourth-order valence-corrected chi connectivity index (χ4v) is 2.43. The van der Waals surface area contributed by atoms with Crippen LogP contribution in [0.25, 0.3) is 0 Å². The molecule has 0 aliphatic carbocycles. The molecule has 23 heavy (non-hydrogen) atoms. The molecule has 1 rings (SSSR count). The number of unbranched alkanes of at least 4 members (excludes halogenated alkanes) is 2. The second-order valence-corrected chi connectivity index (χ2v) is 6.87. The zero-order valence-electron chi connectivity index (χ0n) is 14.8. The van der Waals surface area contributed by atoms with E-state index in [1.807, 2.05) is 33.8 Å². The van der Waals surface area contributed by atoms with Crippen LogP contribution < -0.4 is 0 Å². The van der Waals surface area contributed by atoms with Crippen LogP contribution in [0.15, 0.2) is 18.2 Å². The maximum Gasteiger partial charge on any atom is 0.139 e. The van der Waals surface area contributed by atoms with Gasteiger partial charge in [0.15, 0.2) is 0 Å². The highest BCUT2D eigenvalue weighted by Crippen LogP contribution is 2.18. The molecule has 2 nitrogen and oxygen atoms in total. The van der Waals surface area contributed by atoms with Gasteiger partial charge in [-0.05, 0) is 30.4 Å². The third-order valence-electron chi connectivity index (χ3n) is 4.18. The van der Waals surface area contributed by atoms with Crippen LogP contribution in [0, 0.1) is 17.7 Å². The van der Waals surface area contributed by atoms with E-state index in [1.54, 1.807) is 12.1 Å². The molecule has 0 aromatic heterocycles. The molecule has 0 unspecified atom stereocenters. The monoisotopic (exact) mass is 320 g/mol. The molecule has 0 radical (unpaired) electrons. The van der Waals surface area contributed by atoms with Gasteiger partial charge in [0.25, 0.3) is 0 Å². The van der Waals surface area contributed by atoms with E-state index < -0.39 is 0 Å². The van der Waals surface area contributed by atoms with Gasteiger partial charge >= 0.3 is 0 Å². The van der Waals surface area contributed by atoms with Crippen LogP contribution in [0.4, 0.5) is 4.39 Å². The number of Topliss-reactive ketones (excluding diaryl/α,β-unsaturated/α-hetero) is 2. The lowest BCUT2D eigenvalue weighted by Gasteiger charge is -2.09. The summed E-state index contributed by atoms with van der Waals surface area (Å²) in [6.45, 7) is 7.51. The van der Waals surface area contributed by atoms with E-state index in [9.17, 15) is 14.0 Å². The Kier molecular flexibility index (Phi) is 8.15. The average Bonchev–Trinajstić information content (AvgIpc) is 2.49. The first-order valence-corrected chi connectivity index (χ1v) is 8.64. The first kappa shape index (κ1) is 19.5. The van der Waals surface area contributed by atoms with Gasteiger partial charge in [0.05, 0.1) is 0 Å². The van der Waals surface area contributed by atoms with E-state index in [2.05, 4.69) is 0 Å². The third kappa shape index (κ3) is 6.64. The highest BCUT2D eigenvalue weighted by molar-refractivity contribution is 5.82. The number of halogens is 1. The maximum absolute atomic E-state index is 14.4. The second kappa shape index (κ2) is 9.59. The summed E-state index contributed by atoms with van der Waals surface area (Å²) in [6.07, 6.45) is 4.09. The molecule has 3 heteroatoms. The van der Waals surface area contributed by atoms with Crippen LogP contribution in [0.3, 0.4) is 0 Å². The lowest BCUT2D eigenvalue weighted by molar-refractivity contribution is -0.122. The Hall–Kier alpha value is -1.51. The molecule has 0 heterocycles. The van der Waals surface area contributed by atoms with Crippen molar-refractivity contribution in [2.45, 2.75) is 66.2 Å². The van der Waals surface area contributed by atoms with Gasteiger partial charge in [-0.15, -0.1) is 0 Å². The van der Waals surface area contributed by atoms with Crippen molar-refractivity contribution >= 4 is 11.6 Å². The van der Waals surface area contributed by atoms with Crippen LogP contribution in [-0.4, -0.2) is 11.6 Å². The van der Waals surface area contributed by atoms with Crippen LogP contribution in [-0.2, 0) is 22.4 Å². The third-order valence-corrected chi connectivity index (χ3v) is 4.18. The maximum atomic E-state index is 14.4. The fraction of sp³-hybridized carbons (Fsp3) is 0.600. The van der Waals surface area contributed by atoms with Crippen LogP contribution in [0.2, 0.25) is 0 Å². The number of aryl methyl sites for hydroxylation is 1. The molecule has 0 amide bonds. The van der Waals surface area contributed by atoms with Gasteiger partial charge in [-0.3, -0.25) is 9.59 Å². The number of carbonyl (C=O) groups excluding carboxylic acids is 2. The first-order chi connectivity index (χ1) is 10.8. The Labute approximate surface area is 139 Å². The molecule has 0 aliphatic heterocycles. The van der Waals surface area contributed by atoms with E-state index in [0.29, 0.717) is 29.8 Å². The summed E-state index contributed by atoms with van der Waals surface area (Å²) in [5.41, 5.74) is 1.17. The number of ketones is 2. The smallest absolute Gasteiger partial charge is 0.139 e. The summed E-state index contributed by atoms with van der Waals surface area (Å²) in [7, 11) is 0. The Morgan fingerprint density at radius 3 is 2.13 bits per heavy atom. The van der Waals surface area contributed by atoms with Gasteiger partial charge in [-0.2, -0.15) is 0 Å². The van der Waals surface area contributed by atoms with Gasteiger partial charge in [-0.25, -0.2) is 4.39 Å².